The Bertz CT molecular complexity index is 300. The minimum absolute atomic E-state index is 0.354. The number of carboxylic acids is 1. The van der Waals surface area contributed by atoms with Crippen LogP contribution in [-0.2, 0) is 4.79 Å². The molecule has 16 heavy (non-hydrogen) atoms. The molecule has 0 spiro atoms. The van der Waals surface area contributed by atoms with Crippen molar-refractivity contribution < 1.29 is 9.90 Å². The summed E-state index contributed by atoms with van der Waals surface area (Å²) in [6.07, 6.45) is 10.4. The van der Waals surface area contributed by atoms with Crippen molar-refractivity contribution in [3.8, 4) is 0 Å². The highest BCUT2D eigenvalue weighted by Crippen LogP contribution is 2.36. The van der Waals surface area contributed by atoms with Crippen LogP contribution in [0.15, 0.2) is 12.2 Å². The molecule has 1 aliphatic heterocycles. The largest absolute Gasteiger partial charge is 0.480 e. The third kappa shape index (κ3) is 1.77. The summed E-state index contributed by atoms with van der Waals surface area (Å²) in [5.74, 6) is -0.633. The standard InChI is InChI=1S/C13H21NO2/c1-2-13(12(15)16)9-6-10-14(13)11-7-4-3-5-8-11/h4,7,11H,2-3,5-6,8-10H2,1H3,(H,15,16). The lowest BCUT2D eigenvalue weighted by Crippen LogP contribution is -2.54. The smallest absolute Gasteiger partial charge is 0.324 e. The second-order valence-corrected chi connectivity index (χ2v) is 4.91. The van der Waals surface area contributed by atoms with E-state index in [-0.39, 0.29) is 0 Å². The van der Waals surface area contributed by atoms with Gasteiger partial charge >= 0.3 is 5.97 Å². The molecule has 0 aromatic rings. The molecule has 0 amide bonds. The van der Waals surface area contributed by atoms with Gasteiger partial charge in [0.2, 0.25) is 0 Å². The van der Waals surface area contributed by atoms with Crippen LogP contribution >= 0.6 is 0 Å². The van der Waals surface area contributed by atoms with Crippen molar-refractivity contribution in [2.24, 2.45) is 0 Å². The van der Waals surface area contributed by atoms with Gasteiger partial charge in [0, 0.05) is 6.04 Å². The Hall–Kier alpha value is -0.830. The minimum atomic E-state index is -0.633. The molecule has 90 valence electrons. The van der Waals surface area contributed by atoms with Gasteiger partial charge in [-0.2, -0.15) is 0 Å². The van der Waals surface area contributed by atoms with Crippen LogP contribution in [0.5, 0.6) is 0 Å². The van der Waals surface area contributed by atoms with Gasteiger partial charge < -0.3 is 5.11 Å². The van der Waals surface area contributed by atoms with Crippen LogP contribution in [0.1, 0.15) is 45.4 Å². The molecule has 2 atom stereocenters. The SMILES string of the molecule is CCC1(C(=O)O)CCCN1C1C=CCCC1. The van der Waals surface area contributed by atoms with Crippen molar-refractivity contribution in [2.45, 2.75) is 57.0 Å². The van der Waals surface area contributed by atoms with E-state index in [0.29, 0.717) is 12.5 Å². The van der Waals surface area contributed by atoms with Crippen LogP contribution in [0.2, 0.25) is 0 Å². The minimum Gasteiger partial charge on any atom is -0.480 e. The van der Waals surface area contributed by atoms with Gasteiger partial charge in [-0.3, -0.25) is 9.69 Å². The van der Waals surface area contributed by atoms with E-state index < -0.39 is 11.5 Å². The summed E-state index contributed by atoms with van der Waals surface area (Å²) in [4.78, 5) is 13.8. The first kappa shape index (κ1) is 11.6. The Kier molecular flexibility index (Phi) is 3.33. The molecule has 0 bridgehead atoms. The van der Waals surface area contributed by atoms with E-state index >= 15 is 0 Å². The molecule has 0 aromatic heterocycles. The van der Waals surface area contributed by atoms with Gasteiger partial charge in [-0.05, 0) is 45.1 Å². The van der Waals surface area contributed by atoms with E-state index in [1.165, 1.54) is 6.42 Å². The summed E-state index contributed by atoms with van der Waals surface area (Å²) in [5, 5.41) is 9.50. The summed E-state index contributed by atoms with van der Waals surface area (Å²) in [7, 11) is 0. The summed E-state index contributed by atoms with van der Waals surface area (Å²) < 4.78 is 0. The molecule has 0 aromatic carbocycles. The molecule has 1 saturated heterocycles. The fourth-order valence-corrected chi connectivity index (χ4v) is 3.20. The molecule has 0 radical (unpaired) electrons. The predicted molar refractivity (Wildman–Crippen MR) is 63.4 cm³/mol. The summed E-state index contributed by atoms with van der Waals surface area (Å²) in [6.45, 7) is 2.94. The normalized spacial score (nSPS) is 35.4. The number of likely N-dealkylation sites (tertiary alicyclic amines) is 1. The molecule has 2 aliphatic rings. The molecular weight excluding hydrogens is 202 g/mol. The van der Waals surface area contributed by atoms with Crippen LogP contribution in [0.25, 0.3) is 0 Å². The first-order chi connectivity index (χ1) is 7.70. The fourth-order valence-electron chi connectivity index (χ4n) is 3.20. The molecule has 3 heteroatoms. The molecule has 1 heterocycles. The Balaban J connectivity index is 2.21. The van der Waals surface area contributed by atoms with E-state index in [1.54, 1.807) is 0 Å². The highest BCUT2D eigenvalue weighted by molar-refractivity contribution is 5.79. The maximum atomic E-state index is 11.5. The lowest BCUT2D eigenvalue weighted by Gasteiger charge is -2.39. The summed E-state index contributed by atoms with van der Waals surface area (Å²) in [6, 6.07) is 0.354. The van der Waals surface area contributed by atoms with Gasteiger partial charge in [-0.15, -0.1) is 0 Å². The number of nitrogens with zero attached hydrogens (tertiary/aromatic N) is 1. The van der Waals surface area contributed by atoms with E-state index in [1.807, 2.05) is 6.92 Å². The molecule has 1 N–H and O–H groups in total. The molecule has 1 aliphatic carbocycles. The zero-order valence-electron chi connectivity index (χ0n) is 9.98. The van der Waals surface area contributed by atoms with Crippen LogP contribution in [0, 0.1) is 0 Å². The number of hydrogen-bond acceptors (Lipinski definition) is 2. The molecule has 2 rings (SSSR count). The van der Waals surface area contributed by atoms with E-state index in [4.69, 9.17) is 0 Å². The lowest BCUT2D eigenvalue weighted by atomic mass is 9.90. The monoisotopic (exact) mass is 223 g/mol. The van der Waals surface area contributed by atoms with E-state index in [9.17, 15) is 9.90 Å². The highest BCUT2D eigenvalue weighted by atomic mass is 16.4. The van der Waals surface area contributed by atoms with Crippen molar-refractivity contribution in [1.29, 1.82) is 0 Å². The average Bonchev–Trinajstić information content (AvgIpc) is 2.75. The predicted octanol–water partition coefficient (Wildman–Crippen LogP) is 2.42. The second-order valence-electron chi connectivity index (χ2n) is 4.91. The number of rotatable bonds is 3. The molecule has 1 fully saturated rings. The van der Waals surface area contributed by atoms with Crippen LogP contribution < -0.4 is 0 Å². The maximum absolute atomic E-state index is 11.5. The maximum Gasteiger partial charge on any atom is 0.324 e. The van der Waals surface area contributed by atoms with Gasteiger partial charge in [-0.1, -0.05) is 19.1 Å². The fraction of sp³-hybridized carbons (Fsp3) is 0.769. The highest BCUT2D eigenvalue weighted by Gasteiger charge is 2.48. The number of carbonyl (C=O) groups is 1. The molecule has 0 saturated carbocycles. The average molecular weight is 223 g/mol. The third-order valence-electron chi connectivity index (χ3n) is 4.15. The quantitative estimate of drug-likeness (QED) is 0.747. The van der Waals surface area contributed by atoms with Crippen molar-refractivity contribution in [1.82, 2.24) is 4.90 Å². The van der Waals surface area contributed by atoms with E-state index in [0.717, 1.165) is 32.2 Å². The number of aliphatic carboxylic acids is 1. The number of carboxylic acid groups (broad SMARTS) is 1. The Labute approximate surface area is 97.1 Å². The van der Waals surface area contributed by atoms with Gasteiger partial charge in [0.25, 0.3) is 0 Å². The Morgan fingerprint density at radius 1 is 1.56 bits per heavy atom. The summed E-state index contributed by atoms with van der Waals surface area (Å²) in [5.41, 5.74) is -0.591. The Morgan fingerprint density at radius 3 is 2.94 bits per heavy atom. The number of allylic oxidation sites excluding steroid dienone is 1. The second kappa shape index (κ2) is 4.58. The first-order valence-corrected chi connectivity index (χ1v) is 6.37. The molecule has 3 nitrogen and oxygen atoms in total. The van der Waals surface area contributed by atoms with Gasteiger partial charge in [0.15, 0.2) is 0 Å². The van der Waals surface area contributed by atoms with Crippen molar-refractivity contribution in [3.63, 3.8) is 0 Å². The Morgan fingerprint density at radius 2 is 2.38 bits per heavy atom. The van der Waals surface area contributed by atoms with Gasteiger partial charge in [0.05, 0.1) is 0 Å². The van der Waals surface area contributed by atoms with Crippen molar-refractivity contribution in [3.05, 3.63) is 12.2 Å². The zero-order chi connectivity index (χ0) is 11.6. The third-order valence-corrected chi connectivity index (χ3v) is 4.15. The first-order valence-electron chi connectivity index (χ1n) is 6.37. The zero-order valence-corrected chi connectivity index (χ0v) is 9.98. The van der Waals surface area contributed by atoms with Crippen LogP contribution in [-0.4, -0.2) is 34.1 Å². The van der Waals surface area contributed by atoms with Crippen molar-refractivity contribution >= 4 is 5.97 Å². The lowest BCUT2D eigenvalue weighted by molar-refractivity contribution is -0.151. The molecule has 2 unspecified atom stereocenters. The van der Waals surface area contributed by atoms with Crippen molar-refractivity contribution in [2.75, 3.05) is 6.54 Å². The van der Waals surface area contributed by atoms with Crippen LogP contribution in [0.3, 0.4) is 0 Å². The van der Waals surface area contributed by atoms with Crippen LogP contribution in [0.4, 0.5) is 0 Å². The summed E-state index contributed by atoms with van der Waals surface area (Å²) >= 11 is 0. The van der Waals surface area contributed by atoms with Gasteiger partial charge in [0.1, 0.15) is 5.54 Å². The van der Waals surface area contributed by atoms with E-state index in [2.05, 4.69) is 17.1 Å². The number of hydrogen-bond donors (Lipinski definition) is 1. The molecular formula is C13H21NO2. The topological polar surface area (TPSA) is 40.5 Å². The van der Waals surface area contributed by atoms with Gasteiger partial charge in [-0.25, -0.2) is 0 Å².